The van der Waals surface area contributed by atoms with E-state index in [1.54, 1.807) is 14.0 Å². The van der Waals surface area contributed by atoms with E-state index in [0.29, 0.717) is 13.2 Å². The van der Waals surface area contributed by atoms with Gasteiger partial charge in [-0.1, -0.05) is 19.8 Å². The molecule has 0 aliphatic heterocycles. The maximum Gasteiger partial charge on any atom is 0.433 e. The van der Waals surface area contributed by atoms with Crippen LogP contribution in [-0.2, 0) is 9.57 Å². The summed E-state index contributed by atoms with van der Waals surface area (Å²) in [6.45, 7) is 4.84. The molecule has 0 fully saturated rings. The molecule has 0 N–H and O–H groups in total. The van der Waals surface area contributed by atoms with Gasteiger partial charge in [0.1, 0.15) is 0 Å². The van der Waals surface area contributed by atoms with Gasteiger partial charge in [-0.3, -0.25) is 4.84 Å². The molecule has 0 bridgehead atoms. The van der Waals surface area contributed by atoms with Crippen LogP contribution >= 0.6 is 0 Å². The molecule has 0 saturated carbocycles. The van der Waals surface area contributed by atoms with E-state index in [-0.39, 0.29) is 0 Å². The number of hydrogen-bond acceptors (Lipinski definition) is 3. The van der Waals surface area contributed by atoms with Crippen LogP contribution in [0.5, 0.6) is 0 Å². The molecular weight excluding hydrogens is 170 g/mol. The summed E-state index contributed by atoms with van der Waals surface area (Å²) in [6, 6.07) is 0. The Labute approximate surface area is 79.8 Å². The van der Waals surface area contributed by atoms with Crippen molar-refractivity contribution < 1.29 is 14.4 Å². The predicted octanol–water partition coefficient (Wildman–Crippen LogP) is 2.20. The van der Waals surface area contributed by atoms with E-state index in [2.05, 4.69) is 6.92 Å². The van der Waals surface area contributed by atoms with E-state index < -0.39 is 6.09 Å². The minimum absolute atomic E-state index is 0.376. The fourth-order valence-electron chi connectivity index (χ4n) is 0.821. The summed E-state index contributed by atoms with van der Waals surface area (Å²) in [4.78, 5) is 16.1. The minimum Gasteiger partial charge on any atom is -0.448 e. The van der Waals surface area contributed by atoms with E-state index in [1.165, 1.54) is 0 Å². The monoisotopic (exact) mass is 189 g/mol. The number of carbonyl (C=O) groups is 1. The number of rotatable bonds is 6. The Morgan fingerprint density at radius 3 is 2.54 bits per heavy atom. The first-order valence-electron chi connectivity index (χ1n) is 4.75. The summed E-state index contributed by atoms with van der Waals surface area (Å²) in [5.41, 5.74) is 0. The zero-order valence-corrected chi connectivity index (χ0v) is 8.71. The van der Waals surface area contributed by atoms with Crippen molar-refractivity contribution in [1.82, 2.24) is 5.06 Å². The molecule has 0 aromatic heterocycles. The maximum absolute atomic E-state index is 11.0. The van der Waals surface area contributed by atoms with Gasteiger partial charge < -0.3 is 4.74 Å². The van der Waals surface area contributed by atoms with Crippen LogP contribution in [0, 0.1) is 0 Å². The van der Waals surface area contributed by atoms with E-state index >= 15 is 0 Å². The standard InChI is InChI=1S/C9H19NO3/c1-4-6-7-8-13-10(3)9(11)12-5-2/h4-8H2,1-3H3. The van der Waals surface area contributed by atoms with Crippen LogP contribution in [0.2, 0.25) is 0 Å². The molecule has 0 saturated heterocycles. The van der Waals surface area contributed by atoms with Crippen molar-refractivity contribution in [3.05, 3.63) is 0 Å². The van der Waals surface area contributed by atoms with E-state index in [9.17, 15) is 4.79 Å². The van der Waals surface area contributed by atoms with Gasteiger partial charge in [0.2, 0.25) is 0 Å². The van der Waals surface area contributed by atoms with Crippen molar-refractivity contribution in [2.24, 2.45) is 0 Å². The Morgan fingerprint density at radius 1 is 1.31 bits per heavy atom. The Balaban J connectivity index is 3.38. The normalized spacial score (nSPS) is 9.77. The van der Waals surface area contributed by atoms with Crippen molar-refractivity contribution in [2.45, 2.75) is 33.1 Å². The van der Waals surface area contributed by atoms with Crippen LogP contribution in [0.25, 0.3) is 0 Å². The molecule has 0 aromatic rings. The van der Waals surface area contributed by atoms with Crippen molar-refractivity contribution in [2.75, 3.05) is 20.3 Å². The quantitative estimate of drug-likeness (QED) is 0.475. The molecule has 0 aromatic carbocycles. The number of carbonyl (C=O) groups excluding carboxylic acids is 1. The first kappa shape index (κ1) is 12.2. The molecule has 0 atom stereocenters. The van der Waals surface area contributed by atoms with Crippen LogP contribution in [-0.4, -0.2) is 31.4 Å². The Morgan fingerprint density at radius 2 is 2.00 bits per heavy atom. The van der Waals surface area contributed by atoms with Gasteiger partial charge in [-0.2, -0.15) is 5.06 Å². The summed E-state index contributed by atoms with van der Waals surface area (Å²) < 4.78 is 4.72. The Hall–Kier alpha value is -0.770. The third kappa shape index (κ3) is 6.40. The first-order valence-corrected chi connectivity index (χ1v) is 4.75. The third-order valence-electron chi connectivity index (χ3n) is 1.56. The van der Waals surface area contributed by atoms with Crippen molar-refractivity contribution in [3.8, 4) is 0 Å². The molecule has 0 rings (SSSR count). The minimum atomic E-state index is -0.431. The molecule has 1 amide bonds. The van der Waals surface area contributed by atoms with Gasteiger partial charge in [0.15, 0.2) is 0 Å². The van der Waals surface area contributed by atoms with Crippen molar-refractivity contribution >= 4 is 6.09 Å². The molecule has 4 nitrogen and oxygen atoms in total. The highest BCUT2D eigenvalue weighted by Gasteiger charge is 2.08. The molecule has 78 valence electrons. The number of amides is 1. The predicted molar refractivity (Wildman–Crippen MR) is 50.3 cm³/mol. The number of nitrogens with zero attached hydrogens (tertiary/aromatic N) is 1. The second kappa shape index (κ2) is 7.86. The molecule has 0 radical (unpaired) electrons. The lowest BCUT2D eigenvalue weighted by Gasteiger charge is -2.15. The van der Waals surface area contributed by atoms with Gasteiger partial charge >= 0.3 is 6.09 Å². The van der Waals surface area contributed by atoms with Gasteiger partial charge in [-0.15, -0.1) is 0 Å². The number of hydroxylamine groups is 2. The topological polar surface area (TPSA) is 38.8 Å². The molecule has 0 aliphatic rings. The van der Waals surface area contributed by atoms with Crippen LogP contribution in [0.15, 0.2) is 0 Å². The second-order valence-electron chi connectivity index (χ2n) is 2.74. The van der Waals surface area contributed by atoms with E-state index in [4.69, 9.17) is 9.57 Å². The van der Waals surface area contributed by atoms with E-state index in [1.807, 2.05) is 0 Å². The summed E-state index contributed by atoms with van der Waals surface area (Å²) in [7, 11) is 1.56. The summed E-state index contributed by atoms with van der Waals surface area (Å²) in [5.74, 6) is 0. The summed E-state index contributed by atoms with van der Waals surface area (Å²) in [5, 5.41) is 1.14. The average molecular weight is 189 g/mol. The molecule has 13 heavy (non-hydrogen) atoms. The molecule has 0 aliphatic carbocycles. The SMILES string of the molecule is CCCCCON(C)C(=O)OCC. The summed E-state index contributed by atoms with van der Waals surface area (Å²) in [6.07, 6.45) is 2.81. The van der Waals surface area contributed by atoms with Gasteiger partial charge in [-0.05, 0) is 13.3 Å². The lowest BCUT2D eigenvalue weighted by Crippen LogP contribution is -2.28. The zero-order valence-electron chi connectivity index (χ0n) is 8.71. The second-order valence-corrected chi connectivity index (χ2v) is 2.74. The van der Waals surface area contributed by atoms with Crippen LogP contribution in [0.3, 0.4) is 0 Å². The fourth-order valence-corrected chi connectivity index (χ4v) is 0.821. The van der Waals surface area contributed by atoms with Crippen LogP contribution < -0.4 is 0 Å². The lowest BCUT2D eigenvalue weighted by molar-refractivity contribution is -0.119. The largest absolute Gasteiger partial charge is 0.448 e. The summed E-state index contributed by atoms with van der Waals surface area (Å²) >= 11 is 0. The van der Waals surface area contributed by atoms with Gasteiger partial charge in [-0.25, -0.2) is 4.79 Å². The molecule has 0 heterocycles. The highest BCUT2D eigenvalue weighted by Crippen LogP contribution is 1.97. The van der Waals surface area contributed by atoms with Gasteiger partial charge in [0.25, 0.3) is 0 Å². The zero-order chi connectivity index (χ0) is 10.1. The third-order valence-corrected chi connectivity index (χ3v) is 1.56. The van der Waals surface area contributed by atoms with Crippen molar-refractivity contribution in [3.63, 3.8) is 0 Å². The molecule has 4 heteroatoms. The molecule has 0 spiro atoms. The number of hydrogen-bond donors (Lipinski definition) is 0. The molecule has 0 unspecified atom stereocenters. The highest BCUT2D eigenvalue weighted by atomic mass is 16.7. The Bertz CT molecular complexity index is 139. The number of unbranched alkanes of at least 4 members (excludes halogenated alkanes) is 2. The van der Waals surface area contributed by atoms with Gasteiger partial charge in [0, 0.05) is 7.05 Å². The molecular formula is C9H19NO3. The van der Waals surface area contributed by atoms with Gasteiger partial charge in [0.05, 0.1) is 13.2 Å². The van der Waals surface area contributed by atoms with Crippen LogP contribution in [0.4, 0.5) is 4.79 Å². The Kier molecular flexibility index (Phi) is 7.39. The smallest absolute Gasteiger partial charge is 0.433 e. The van der Waals surface area contributed by atoms with E-state index in [0.717, 1.165) is 24.3 Å². The van der Waals surface area contributed by atoms with Crippen LogP contribution in [0.1, 0.15) is 33.1 Å². The first-order chi connectivity index (χ1) is 6.22. The number of ether oxygens (including phenoxy) is 1. The fraction of sp³-hybridized carbons (Fsp3) is 0.889. The highest BCUT2D eigenvalue weighted by molar-refractivity contribution is 5.65. The maximum atomic E-state index is 11.0. The van der Waals surface area contributed by atoms with Crippen molar-refractivity contribution in [1.29, 1.82) is 0 Å². The average Bonchev–Trinajstić information content (AvgIpc) is 2.12. The lowest BCUT2D eigenvalue weighted by atomic mass is 10.3.